The highest BCUT2D eigenvalue weighted by atomic mass is 35.5. The van der Waals surface area contributed by atoms with E-state index in [9.17, 15) is 0 Å². The molecule has 0 amide bonds. The number of halogens is 1. The minimum Gasteiger partial charge on any atom is -0.357 e. The van der Waals surface area contributed by atoms with Crippen LogP contribution in [-0.2, 0) is 13.6 Å². The third kappa shape index (κ3) is 4.66. The Bertz CT molecular complexity index is 726. The third-order valence-electron chi connectivity index (χ3n) is 4.22. The molecular formula is C18H25ClN6. The van der Waals surface area contributed by atoms with Crippen LogP contribution in [0.3, 0.4) is 0 Å². The van der Waals surface area contributed by atoms with Gasteiger partial charge in [0.15, 0.2) is 5.96 Å². The first-order valence-corrected chi connectivity index (χ1v) is 9.04. The number of rotatable bonds is 5. The number of anilines is 1. The summed E-state index contributed by atoms with van der Waals surface area (Å²) in [7, 11) is 2.02. The van der Waals surface area contributed by atoms with Crippen molar-refractivity contribution < 1.29 is 0 Å². The Morgan fingerprint density at radius 2 is 2.32 bits per heavy atom. The van der Waals surface area contributed by atoms with Gasteiger partial charge in [0.25, 0.3) is 0 Å². The van der Waals surface area contributed by atoms with Crippen LogP contribution in [0.5, 0.6) is 0 Å². The molecule has 0 aliphatic carbocycles. The lowest BCUT2D eigenvalue weighted by Gasteiger charge is -2.20. The highest BCUT2D eigenvalue weighted by Gasteiger charge is 2.25. The van der Waals surface area contributed by atoms with Gasteiger partial charge in [-0.05, 0) is 37.1 Å². The Kier molecular flexibility index (Phi) is 5.81. The molecule has 7 heteroatoms. The molecule has 6 nitrogen and oxygen atoms in total. The Hall–Kier alpha value is -2.21. The van der Waals surface area contributed by atoms with Crippen LogP contribution in [0.25, 0.3) is 0 Å². The normalized spacial score (nSPS) is 17.8. The van der Waals surface area contributed by atoms with Crippen molar-refractivity contribution in [2.45, 2.75) is 25.9 Å². The molecular weight excluding hydrogens is 336 g/mol. The Morgan fingerprint density at radius 3 is 3.04 bits per heavy atom. The smallest absolute Gasteiger partial charge is 0.191 e. The summed E-state index contributed by atoms with van der Waals surface area (Å²) in [6.45, 7) is 5.38. The molecule has 134 valence electrons. The molecule has 2 aromatic rings. The molecule has 1 saturated heterocycles. The van der Waals surface area contributed by atoms with Crippen LogP contribution in [0, 0.1) is 0 Å². The Labute approximate surface area is 153 Å². The number of aromatic nitrogens is 2. The zero-order chi connectivity index (χ0) is 17.6. The van der Waals surface area contributed by atoms with Gasteiger partial charge in [0.05, 0.1) is 11.6 Å². The number of nitrogens with zero attached hydrogens (tertiary/aromatic N) is 4. The van der Waals surface area contributed by atoms with Crippen LogP contribution in [0.2, 0.25) is 5.02 Å². The van der Waals surface area contributed by atoms with Gasteiger partial charge in [-0.25, -0.2) is 9.98 Å². The van der Waals surface area contributed by atoms with E-state index in [0.29, 0.717) is 17.6 Å². The lowest BCUT2D eigenvalue weighted by atomic mass is 10.3. The fraction of sp³-hybridized carbons (Fsp3) is 0.444. The Morgan fingerprint density at radius 1 is 1.44 bits per heavy atom. The van der Waals surface area contributed by atoms with Crippen LogP contribution < -0.4 is 15.5 Å². The van der Waals surface area contributed by atoms with Gasteiger partial charge in [-0.2, -0.15) is 0 Å². The molecule has 0 bridgehead atoms. The summed E-state index contributed by atoms with van der Waals surface area (Å²) in [6, 6.07) is 6.16. The highest BCUT2D eigenvalue weighted by Crippen LogP contribution is 2.25. The van der Waals surface area contributed by atoms with Crippen molar-refractivity contribution in [3.05, 3.63) is 47.4 Å². The van der Waals surface area contributed by atoms with Gasteiger partial charge in [-0.1, -0.05) is 11.6 Å². The molecule has 1 fully saturated rings. The second kappa shape index (κ2) is 8.25. The van der Waals surface area contributed by atoms with Gasteiger partial charge in [0.1, 0.15) is 5.82 Å². The van der Waals surface area contributed by atoms with E-state index < -0.39 is 0 Å². The maximum atomic E-state index is 6.26. The molecule has 0 radical (unpaired) electrons. The monoisotopic (exact) mass is 360 g/mol. The van der Waals surface area contributed by atoms with Gasteiger partial charge < -0.3 is 20.1 Å². The quantitative estimate of drug-likeness (QED) is 0.635. The van der Waals surface area contributed by atoms with Crippen molar-refractivity contribution >= 4 is 23.4 Å². The number of pyridine rings is 1. The summed E-state index contributed by atoms with van der Waals surface area (Å²) < 4.78 is 2.04. The van der Waals surface area contributed by atoms with Crippen molar-refractivity contribution in [3.63, 3.8) is 0 Å². The largest absolute Gasteiger partial charge is 0.357 e. The zero-order valence-corrected chi connectivity index (χ0v) is 15.5. The molecule has 0 saturated carbocycles. The molecule has 1 atom stereocenters. The molecule has 3 heterocycles. The first-order valence-electron chi connectivity index (χ1n) is 8.67. The fourth-order valence-corrected chi connectivity index (χ4v) is 3.26. The Balaban J connectivity index is 1.60. The average molecular weight is 361 g/mol. The lowest BCUT2D eigenvalue weighted by molar-refractivity contribution is 0.648. The molecule has 2 aromatic heterocycles. The fourth-order valence-electron chi connectivity index (χ4n) is 3.02. The van der Waals surface area contributed by atoms with Gasteiger partial charge in [0, 0.05) is 51.3 Å². The number of hydrogen-bond donors (Lipinski definition) is 2. The summed E-state index contributed by atoms with van der Waals surface area (Å²) in [4.78, 5) is 11.3. The van der Waals surface area contributed by atoms with Crippen molar-refractivity contribution in [3.8, 4) is 0 Å². The predicted octanol–water partition coefficient (Wildman–Crippen LogP) is 2.41. The summed E-state index contributed by atoms with van der Waals surface area (Å²) in [5, 5.41) is 7.56. The van der Waals surface area contributed by atoms with E-state index in [1.165, 1.54) is 5.56 Å². The summed E-state index contributed by atoms with van der Waals surface area (Å²) in [5.41, 5.74) is 1.20. The maximum absolute atomic E-state index is 6.26. The van der Waals surface area contributed by atoms with E-state index >= 15 is 0 Å². The number of guanidine groups is 1. The number of aryl methyl sites for hydroxylation is 1. The van der Waals surface area contributed by atoms with E-state index in [1.54, 1.807) is 6.20 Å². The van der Waals surface area contributed by atoms with Gasteiger partial charge >= 0.3 is 0 Å². The minimum atomic E-state index is 0.326. The number of aliphatic imine (C=N–C) groups is 1. The molecule has 3 rings (SSSR count). The van der Waals surface area contributed by atoms with E-state index in [4.69, 9.17) is 16.6 Å². The van der Waals surface area contributed by atoms with E-state index in [0.717, 1.165) is 37.8 Å². The van der Waals surface area contributed by atoms with E-state index in [1.807, 2.05) is 29.9 Å². The maximum Gasteiger partial charge on any atom is 0.191 e. The predicted molar refractivity (Wildman–Crippen MR) is 103 cm³/mol. The third-order valence-corrected chi connectivity index (χ3v) is 4.52. The summed E-state index contributed by atoms with van der Waals surface area (Å²) in [6.07, 6.45) is 6.94. The van der Waals surface area contributed by atoms with Crippen molar-refractivity contribution in [2.24, 2.45) is 12.0 Å². The molecule has 25 heavy (non-hydrogen) atoms. The first kappa shape index (κ1) is 17.6. The van der Waals surface area contributed by atoms with Crippen LogP contribution in [0.1, 0.15) is 18.9 Å². The van der Waals surface area contributed by atoms with E-state index in [-0.39, 0.29) is 0 Å². The number of nitrogens with one attached hydrogen (secondary N) is 2. The van der Waals surface area contributed by atoms with Crippen LogP contribution in [0.15, 0.2) is 41.8 Å². The topological polar surface area (TPSA) is 57.5 Å². The standard InChI is InChI=1S/C18H25ClN6/c1-3-20-18(22-11-14-6-9-24(2)12-14)23-15-7-10-25(13-15)17-16(19)5-4-8-21-17/h4-6,8-9,12,15H,3,7,10-11,13H2,1-2H3,(H2,20,22,23). The van der Waals surface area contributed by atoms with Crippen molar-refractivity contribution in [1.82, 2.24) is 20.2 Å². The SMILES string of the molecule is CCNC(=NCc1ccn(C)c1)NC1CCN(c2ncccc2Cl)C1. The van der Waals surface area contributed by atoms with Crippen LogP contribution in [0.4, 0.5) is 5.82 Å². The minimum absolute atomic E-state index is 0.326. The van der Waals surface area contributed by atoms with Gasteiger partial charge in [0.2, 0.25) is 0 Å². The molecule has 1 aliphatic heterocycles. The summed E-state index contributed by atoms with van der Waals surface area (Å²) in [5.74, 6) is 1.71. The second-order valence-electron chi connectivity index (χ2n) is 6.27. The zero-order valence-electron chi connectivity index (χ0n) is 14.7. The lowest BCUT2D eigenvalue weighted by Crippen LogP contribution is -2.44. The average Bonchev–Trinajstić information content (AvgIpc) is 3.22. The van der Waals surface area contributed by atoms with Gasteiger partial charge in [-0.15, -0.1) is 0 Å². The van der Waals surface area contributed by atoms with Gasteiger partial charge in [-0.3, -0.25) is 0 Å². The summed E-state index contributed by atoms with van der Waals surface area (Å²) >= 11 is 6.26. The van der Waals surface area contributed by atoms with Crippen molar-refractivity contribution in [2.75, 3.05) is 24.5 Å². The molecule has 1 unspecified atom stereocenters. The molecule has 0 spiro atoms. The first-order chi connectivity index (χ1) is 12.2. The second-order valence-corrected chi connectivity index (χ2v) is 6.67. The molecule has 1 aliphatic rings. The highest BCUT2D eigenvalue weighted by molar-refractivity contribution is 6.32. The van der Waals surface area contributed by atoms with Crippen LogP contribution >= 0.6 is 11.6 Å². The van der Waals surface area contributed by atoms with Crippen molar-refractivity contribution in [1.29, 1.82) is 0 Å². The van der Waals surface area contributed by atoms with Crippen LogP contribution in [-0.4, -0.2) is 41.2 Å². The molecule has 0 aromatic carbocycles. The molecule has 2 N–H and O–H groups in total. The number of hydrogen-bond acceptors (Lipinski definition) is 3. The van der Waals surface area contributed by atoms with E-state index in [2.05, 4.69) is 39.7 Å².